The van der Waals surface area contributed by atoms with Gasteiger partial charge in [0.1, 0.15) is 5.82 Å². The highest BCUT2D eigenvalue weighted by Gasteiger charge is 2.46. The first-order valence-electron chi connectivity index (χ1n) is 11.6. The Morgan fingerprint density at radius 2 is 2.17 bits per heavy atom. The zero-order chi connectivity index (χ0) is 25.1. The molecule has 1 saturated heterocycles. The van der Waals surface area contributed by atoms with Crippen molar-refractivity contribution in [2.45, 2.75) is 57.5 Å². The van der Waals surface area contributed by atoms with Crippen LogP contribution in [0.3, 0.4) is 0 Å². The molecule has 2 aromatic carbocycles. The number of nitrogens with zero attached hydrogens (tertiary/aromatic N) is 3. The number of aliphatic carboxylic acids is 1. The van der Waals surface area contributed by atoms with Crippen molar-refractivity contribution < 1.29 is 19.0 Å². The van der Waals surface area contributed by atoms with E-state index >= 15 is 0 Å². The number of carboxylic acid groups (broad SMARTS) is 1. The third-order valence-electron chi connectivity index (χ3n) is 7.23. The van der Waals surface area contributed by atoms with Gasteiger partial charge in [0.2, 0.25) is 0 Å². The highest BCUT2D eigenvalue weighted by atomic mass is 19.1. The van der Waals surface area contributed by atoms with E-state index in [0.717, 1.165) is 38.8 Å². The lowest BCUT2D eigenvalue weighted by atomic mass is 9.79. The number of aryl methyl sites for hydroxylation is 1. The number of benzene rings is 2. The molecule has 1 aliphatic rings. The monoisotopic (exact) mass is 474 g/mol. The largest absolute Gasteiger partial charge is 0.479 e. The Kier molecular flexibility index (Phi) is 5.22. The molecule has 0 saturated carbocycles. The fourth-order valence-electron chi connectivity index (χ4n) is 5.35. The van der Waals surface area contributed by atoms with Gasteiger partial charge in [-0.2, -0.15) is 10.4 Å². The van der Waals surface area contributed by atoms with Gasteiger partial charge >= 0.3 is 5.97 Å². The van der Waals surface area contributed by atoms with Crippen LogP contribution in [0.4, 0.5) is 4.39 Å². The quantitative estimate of drug-likeness (QED) is 0.398. The number of hydrogen-bond donors (Lipinski definition) is 2. The third kappa shape index (κ3) is 3.58. The smallest absolute Gasteiger partial charge is 0.335 e. The molecule has 2 aromatic heterocycles. The molecule has 0 radical (unpaired) electrons. The summed E-state index contributed by atoms with van der Waals surface area (Å²) in [6, 6.07) is 11.4. The molecule has 0 aliphatic carbocycles. The first-order valence-corrected chi connectivity index (χ1v) is 11.6. The van der Waals surface area contributed by atoms with E-state index in [1.807, 2.05) is 26.0 Å². The second-order valence-electron chi connectivity index (χ2n) is 10.3. The summed E-state index contributed by atoms with van der Waals surface area (Å²) in [5.41, 5.74) is 3.04. The number of carbonyl (C=O) groups is 1. The number of rotatable bonds is 5. The summed E-state index contributed by atoms with van der Waals surface area (Å²) >= 11 is 0. The summed E-state index contributed by atoms with van der Waals surface area (Å²) in [6.07, 6.45) is 2.31. The maximum absolute atomic E-state index is 14.2. The average Bonchev–Trinajstić information content (AvgIpc) is 3.50. The topological polar surface area (TPSA) is 104 Å². The van der Waals surface area contributed by atoms with E-state index in [4.69, 9.17) is 4.74 Å². The summed E-state index contributed by atoms with van der Waals surface area (Å²) in [5.74, 6) is -1.48. The molecule has 0 amide bonds. The minimum absolute atomic E-state index is 0.199. The molecular formula is C27H27FN4O3. The van der Waals surface area contributed by atoms with Crippen LogP contribution in [0, 0.1) is 24.1 Å². The van der Waals surface area contributed by atoms with E-state index in [2.05, 4.69) is 20.8 Å². The van der Waals surface area contributed by atoms with Crippen LogP contribution in [0.5, 0.6) is 0 Å². The number of halogens is 1. The van der Waals surface area contributed by atoms with Crippen LogP contribution < -0.4 is 0 Å². The summed E-state index contributed by atoms with van der Waals surface area (Å²) in [7, 11) is 0. The molecule has 1 aliphatic heterocycles. The van der Waals surface area contributed by atoms with Gasteiger partial charge in [0.05, 0.1) is 29.9 Å². The van der Waals surface area contributed by atoms with E-state index < -0.39 is 17.0 Å². The Bertz CT molecular complexity index is 1530. The van der Waals surface area contributed by atoms with Crippen LogP contribution in [0.25, 0.3) is 27.5 Å². The average molecular weight is 475 g/mol. The van der Waals surface area contributed by atoms with Crippen molar-refractivity contribution in [3.05, 3.63) is 59.2 Å². The van der Waals surface area contributed by atoms with E-state index in [0.29, 0.717) is 12.0 Å². The van der Waals surface area contributed by atoms with Gasteiger partial charge in [-0.15, -0.1) is 0 Å². The lowest BCUT2D eigenvalue weighted by molar-refractivity contribution is -0.157. The first kappa shape index (κ1) is 23.1. The van der Waals surface area contributed by atoms with Crippen LogP contribution in [-0.2, 0) is 14.9 Å². The normalized spacial score (nSPS) is 20.5. The number of aromatic nitrogens is 3. The molecule has 2 atom stereocenters. The summed E-state index contributed by atoms with van der Waals surface area (Å²) in [5, 5.41) is 28.5. The Morgan fingerprint density at radius 3 is 2.83 bits per heavy atom. The minimum atomic E-state index is -1.29. The zero-order valence-electron chi connectivity index (χ0n) is 20.1. The van der Waals surface area contributed by atoms with Gasteiger partial charge in [0.25, 0.3) is 0 Å². The van der Waals surface area contributed by atoms with Gasteiger partial charge in [-0.3, -0.25) is 5.10 Å². The number of hydrogen-bond acceptors (Lipinski definition) is 4. The molecule has 7 nitrogen and oxygen atoms in total. The van der Waals surface area contributed by atoms with Gasteiger partial charge in [0, 0.05) is 39.9 Å². The molecule has 180 valence electrons. The SMILES string of the molecule is Cc1cc(-n2c(C(C)(C)CC#N)c([C@H]3CO[C@](C)(C(=O)O)C3)c3cc4[nH]ncc4cc32)ccc1F. The van der Waals surface area contributed by atoms with E-state index in [-0.39, 0.29) is 24.8 Å². The second kappa shape index (κ2) is 7.92. The predicted molar refractivity (Wildman–Crippen MR) is 130 cm³/mol. The number of H-pyrrole nitrogens is 1. The number of nitrogens with one attached hydrogen (secondary N) is 1. The fraction of sp³-hybridized carbons (Fsp3) is 0.370. The van der Waals surface area contributed by atoms with Crippen molar-refractivity contribution >= 4 is 27.8 Å². The molecule has 5 rings (SSSR count). The number of fused-ring (bicyclic) bond motifs is 2. The number of aromatic amines is 1. The summed E-state index contributed by atoms with van der Waals surface area (Å²) < 4.78 is 22.1. The highest BCUT2D eigenvalue weighted by molar-refractivity contribution is 5.99. The Balaban J connectivity index is 1.89. The van der Waals surface area contributed by atoms with Gasteiger partial charge in [-0.05, 0) is 61.7 Å². The third-order valence-corrected chi connectivity index (χ3v) is 7.23. The predicted octanol–water partition coefficient (Wildman–Crippen LogP) is 5.49. The van der Waals surface area contributed by atoms with Crippen molar-refractivity contribution in [1.82, 2.24) is 14.8 Å². The standard InChI is InChI=1S/C27H27FN4O3/c1-15-9-18(5-6-20(15)28)32-22-10-16-13-30-31-21(16)11-19(22)23(24(32)26(2,3)7-8-29)17-12-27(4,25(33)34)35-14-17/h5-6,9-11,13,17H,7,12,14H2,1-4H3,(H,30,31)(H,33,34)/t17-,27+/m1/s1. The van der Waals surface area contributed by atoms with Crippen LogP contribution in [-0.4, -0.2) is 38.0 Å². The molecule has 35 heavy (non-hydrogen) atoms. The zero-order valence-corrected chi connectivity index (χ0v) is 20.1. The Labute approximate surface area is 202 Å². The fourth-order valence-corrected chi connectivity index (χ4v) is 5.35. The van der Waals surface area contributed by atoms with Gasteiger partial charge < -0.3 is 14.4 Å². The van der Waals surface area contributed by atoms with Crippen molar-refractivity contribution in [1.29, 1.82) is 5.26 Å². The number of carboxylic acids is 1. The molecule has 1 fully saturated rings. The molecule has 8 heteroatoms. The van der Waals surface area contributed by atoms with Gasteiger partial charge in [-0.25, -0.2) is 9.18 Å². The van der Waals surface area contributed by atoms with Gasteiger partial charge in [0.15, 0.2) is 5.60 Å². The number of nitriles is 1. The minimum Gasteiger partial charge on any atom is -0.479 e. The second-order valence-corrected chi connectivity index (χ2v) is 10.3. The Morgan fingerprint density at radius 1 is 1.40 bits per heavy atom. The lowest BCUT2D eigenvalue weighted by Gasteiger charge is -2.28. The van der Waals surface area contributed by atoms with E-state index in [9.17, 15) is 19.6 Å². The highest BCUT2D eigenvalue weighted by Crippen LogP contribution is 2.47. The van der Waals surface area contributed by atoms with Crippen LogP contribution in [0.1, 0.15) is 56.4 Å². The summed E-state index contributed by atoms with van der Waals surface area (Å²) in [4.78, 5) is 12.0. The molecular weight excluding hydrogens is 447 g/mol. The van der Waals surface area contributed by atoms with Crippen LogP contribution in [0.2, 0.25) is 0 Å². The van der Waals surface area contributed by atoms with E-state index in [1.165, 1.54) is 6.07 Å². The summed E-state index contributed by atoms with van der Waals surface area (Å²) in [6.45, 7) is 7.61. The maximum atomic E-state index is 14.2. The molecule has 0 spiro atoms. The van der Waals surface area contributed by atoms with Crippen molar-refractivity contribution in [3.63, 3.8) is 0 Å². The number of ether oxygens (including phenoxy) is 1. The van der Waals surface area contributed by atoms with Crippen molar-refractivity contribution in [2.75, 3.05) is 6.61 Å². The molecule has 4 aromatic rings. The first-order chi connectivity index (χ1) is 16.6. The Hall–Kier alpha value is -3.70. The molecule has 0 unspecified atom stereocenters. The van der Waals surface area contributed by atoms with Crippen molar-refractivity contribution in [3.8, 4) is 11.8 Å². The molecule has 3 heterocycles. The van der Waals surface area contributed by atoms with E-state index in [1.54, 1.807) is 32.2 Å². The maximum Gasteiger partial charge on any atom is 0.335 e. The molecule has 2 N–H and O–H groups in total. The van der Waals surface area contributed by atoms with Gasteiger partial charge in [-0.1, -0.05) is 13.8 Å². The van der Waals surface area contributed by atoms with Crippen LogP contribution in [0.15, 0.2) is 36.5 Å². The van der Waals surface area contributed by atoms with Crippen molar-refractivity contribution in [2.24, 2.45) is 0 Å². The molecule has 0 bridgehead atoms. The lowest BCUT2D eigenvalue weighted by Crippen LogP contribution is -2.34. The van der Waals surface area contributed by atoms with Crippen LogP contribution >= 0.6 is 0 Å².